The van der Waals surface area contributed by atoms with Crippen LogP contribution in [0.4, 0.5) is 5.69 Å². The van der Waals surface area contributed by atoms with Gasteiger partial charge in [0.15, 0.2) is 0 Å². The van der Waals surface area contributed by atoms with Crippen molar-refractivity contribution in [3.63, 3.8) is 0 Å². The number of halogens is 1. The molecule has 0 unspecified atom stereocenters. The number of para-hydroxylation sites is 2. The molecule has 1 N–H and O–H groups in total. The fourth-order valence-electron chi connectivity index (χ4n) is 3.55. The predicted molar refractivity (Wildman–Crippen MR) is 115 cm³/mol. The number of hydrogen-bond donors (Lipinski definition) is 1. The number of hydrogen-bond acceptors (Lipinski definition) is 4. The Bertz CT molecular complexity index is 996. The minimum atomic E-state index is -0.0476. The van der Waals surface area contributed by atoms with E-state index in [1.54, 1.807) is 6.07 Å². The molecule has 7 heteroatoms. The second-order valence-corrected chi connectivity index (χ2v) is 7.23. The van der Waals surface area contributed by atoms with E-state index in [0.717, 1.165) is 30.1 Å². The number of nitrogens with one attached hydrogen (secondary N) is 1. The van der Waals surface area contributed by atoms with Crippen molar-refractivity contribution in [3.8, 4) is 17.0 Å². The van der Waals surface area contributed by atoms with E-state index < -0.39 is 0 Å². The molecule has 1 aliphatic rings. The second kappa shape index (κ2) is 8.57. The number of amides is 1. The largest absolute Gasteiger partial charge is 0.492 e. The van der Waals surface area contributed by atoms with Gasteiger partial charge in [-0.05, 0) is 31.2 Å². The van der Waals surface area contributed by atoms with Crippen molar-refractivity contribution in [2.75, 3.05) is 37.7 Å². The first-order valence-corrected chi connectivity index (χ1v) is 10.1. The molecule has 4 rings (SSSR count). The smallest absolute Gasteiger partial charge is 0.272 e. The summed E-state index contributed by atoms with van der Waals surface area (Å²) in [6.07, 6.45) is 0. The molecule has 3 aromatic rings. The lowest BCUT2D eigenvalue weighted by Crippen LogP contribution is -2.49. The Kier molecular flexibility index (Phi) is 5.71. The molecule has 6 nitrogen and oxygen atoms in total. The van der Waals surface area contributed by atoms with Gasteiger partial charge in [-0.2, -0.15) is 5.10 Å². The van der Waals surface area contributed by atoms with Crippen LogP contribution in [0.15, 0.2) is 54.6 Å². The molecular formula is C22H23ClN4O2. The number of H-pyrrole nitrogens is 1. The van der Waals surface area contributed by atoms with E-state index in [0.29, 0.717) is 36.1 Å². The molecule has 2 heterocycles. The highest BCUT2D eigenvalue weighted by atomic mass is 35.5. The molecule has 0 radical (unpaired) electrons. The third kappa shape index (κ3) is 4.07. The van der Waals surface area contributed by atoms with Gasteiger partial charge < -0.3 is 14.5 Å². The number of rotatable bonds is 5. The van der Waals surface area contributed by atoms with Crippen LogP contribution in [-0.4, -0.2) is 53.8 Å². The quantitative estimate of drug-likeness (QED) is 0.688. The minimum Gasteiger partial charge on any atom is -0.492 e. The Morgan fingerprint density at radius 1 is 1.10 bits per heavy atom. The fourth-order valence-corrected chi connectivity index (χ4v) is 3.79. The average Bonchev–Trinajstić information content (AvgIpc) is 3.24. The lowest BCUT2D eigenvalue weighted by Gasteiger charge is -2.36. The summed E-state index contributed by atoms with van der Waals surface area (Å²) in [5.41, 5.74) is 3.03. The molecule has 1 saturated heterocycles. The summed E-state index contributed by atoms with van der Waals surface area (Å²) in [6, 6.07) is 17.3. The van der Waals surface area contributed by atoms with Gasteiger partial charge in [0.05, 0.1) is 23.0 Å². The zero-order valence-electron chi connectivity index (χ0n) is 16.3. The predicted octanol–water partition coefficient (Wildman–Crippen LogP) is 4.09. The number of anilines is 1. The number of carbonyl (C=O) groups excluding carboxylic acids is 1. The lowest BCUT2D eigenvalue weighted by atomic mass is 10.1. The highest BCUT2D eigenvalue weighted by Gasteiger charge is 2.25. The number of ether oxygens (including phenoxy) is 1. The van der Waals surface area contributed by atoms with Crippen molar-refractivity contribution in [1.29, 1.82) is 0 Å². The van der Waals surface area contributed by atoms with Gasteiger partial charge in [0.25, 0.3) is 5.91 Å². The SMILES string of the molecule is CCOc1ccccc1N1CCN(C(=O)c2cc(-c3ccccc3Cl)n[nH]2)CC1. The normalized spacial score (nSPS) is 14.1. The molecule has 0 saturated carbocycles. The number of nitrogens with zero attached hydrogens (tertiary/aromatic N) is 3. The van der Waals surface area contributed by atoms with Crippen LogP contribution in [0.5, 0.6) is 5.75 Å². The summed E-state index contributed by atoms with van der Waals surface area (Å²) in [5, 5.41) is 7.75. The standard InChI is InChI=1S/C22H23ClN4O2/c1-2-29-21-10-6-5-9-20(21)26-11-13-27(14-12-26)22(28)19-15-18(24-25-19)16-7-3-4-8-17(16)23/h3-10,15H,2,11-14H2,1H3,(H,24,25). The van der Waals surface area contributed by atoms with Crippen LogP contribution >= 0.6 is 11.6 Å². The first kappa shape index (κ1) is 19.3. The van der Waals surface area contributed by atoms with E-state index in [9.17, 15) is 4.79 Å². The van der Waals surface area contributed by atoms with Crippen LogP contribution in [-0.2, 0) is 0 Å². The number of carbonyl (C=O) groups is 1. The van der Waals surface area contributed by atoms with E-state index in [1.165, 1.54) is 0 Å². The zero-order chi connectivity index (χ0) is 20.2. The Morgan fingerprint density at radius 3 is 2.59 bits per heavy atom. The molecule has 0 atom stereocenters. The van der Waals surface area contributed by atoms with E-state index in [2.05, 4.69) is 21.2 Å². The van der Waals surface area contributed by atoms with Gasteiger partial charge >= 0.3 is 0 Å². The van der Waals surface area contributed by atoms with Gasteiger partial charge in [0.2, 0.25) is 0 Å². The first-order valence-electron chi connectivity index (χ1n) is 9.73. The van der Waals surface area contributed by atoms with Gasteiger partial charge in [-0.25, -0.2) is 0 Å². The molecule has 0 spiro atoms. The summed E-state index contributed by atoms with van der Waals surface area (Å²) in [7, 11) is 0. The number of aromatic amines is 1. The Labute approximate surface area is 175 Å². The summed E-state index contributed by atoms with van der Waals surface area (Å²) < 4.78 is 5.74. The third-order valence-corrected chi connectivity index (χ3v) is 5.36. The van der Waals surface area contributed by atoms with E-state index in [4.69, 9.17) is 16.3 Å². The molecule has 2 aromatic carbocycles. The highest BCUT2D eigenvalue weighted by Crippen LogP contribution is 2.29. The van der Waals surface area contributed by atoms with Crippen LogP contribution in [0.1, 0.15) is 17.4 Å². The number of piperazine rings is 1. The molecule has 0 aliphatic carbocycles. The van der Waals surface area contributed by atoms with Gasteiger partial charge in [0.1, 0.15) is 11.4 Å². The Morgan fingerprint density at radius 2 is 1.83 bits per heavy atom. The Balaban J connectivity index is 1.43. The van der Waals surface area contributed by atoms with Crippen molar-refractivity contribution in [2.24, 2.45) is 0 Å². The Hall–Kier alpha value is -2.99. The van der Waals surface area contributed by atoms with E-state index >= 15 is 0 Å². The maximum atomic E-state index is 12.9. The maximum Gasteiger partial charge on any atom is 0.272 e. The van der Waals surface area contributed by atoms with Crippen molar-refractivity contribution in [1.82, 2.24) is 15.1 Å². The molecule has 1 fully saturated rings. The van der Waals surface area contributed by atoms with Gasteiger partial charge in [-0.15, -0.1) is 0 Å². The summed E-state index contributed by atoms with van der Waals surface area (Å²) in [4.78, 5) is 17.0. The molecule has 0 bridgehead atoms. The fraction of sp³-hybridized carbons (Fsp3) is 0.273. The van der Waals surface area contributed by atoms with Crippen molar-refractivity contribution in [3.05, 3.63) is 65.3 Å². The molecule has 1 aromatic heterocycles. The summed E-state index contributed by atoms with van der Waals surface area (Å²) in [5.74, 6) is 0.835. The summed E-state index contributed by atoms with van der Waals surface area (Å²) >= 11 is 6.24. The zero-order valence-corrected chi connectivity index (χ0v) is 17.0. The van der Waals surface area contributed by atoms with E-state index in [1.807, 2.05) is 54.3 Å². The molecule has 1 amide bonds. The van der Waals surface area contributed by atoms with Gasteiger partial charge in [-0.3, -0.25) is 9.89 Å². The van der Waals surface area contributed by atoms with E-state index in [-0.39, 0.29) is 5.91 Å². The van der Waals surface area contributed by atoms with Gasteiger partial charge in [-0.1, -0.05) is 41.9 Å². The van der Waals surface area contributed by atoms with Crippen LogP contribution in [0, 0.1) is 0 Å². The molecule has 1 aliphatic heterocycles. The van der Waals surface area contributed by atoms with Crippen LogP contribution in [0.2, 0.25) is 5.02 Å². The maximum absolute atomic E-state index is 12.9. The highest BCUT2D eigenvalue weighted by molar-refractivity contribution is 6.33. The average molecular weight is 411 g/mol. The number of benzene rings is 2. The summed E-state index contributed by atoms with van der Waals surface area (Å²) in [6.45, 7) is 5.39. The number of aromatic nitrogens is 2. The molecule has 29 heavy (non-hydrogen) atoms. The van der Waals surface area contributed by atoms with Crippen molar-refractivity contribution < 1.29 is 9.53 Å². The molecular weight excluding hydrogens is 388 g/mol. The third-order valence-electron chi connectivity index (χ3n) is 5.03. The first-order chi connectivity index (χ1) is 14.2. The molecule has 150 valence electrons. The van der Waals surface area contributed by atoms with Gasteiger partial charge in [0, 0.05) is 31.7 Å². The lowest BCUT2D eigenvalue weighted by molar-refractivity contribution is 0.0740. The van der Waals surface area contributed by atoms with Crippen LogP contribution < -0.4 is 9.64 Å². The topological polar surface area (TPSA) is 61.5 Å². The van der Waals surface area contributed by atoms with Crippen LogP contribution in [0.25, 0.3) is 11.3 Å². The monoisotopic (exact) mass is 410 g/mol. The van der Waals surface area contributed by atoms with Crippen molar-refractivity contribution >= 4 is 23.2 Å². The van der Waals surface area contributed by atoms with Crippen LogP contribution in [0.3, 0.4) is 0 Å². The minimum absolute atomic E-state index is 0.0476. The second-order valence-electron chi connectivity index (χ2n) is 6.83. The van der Waals surface area contributed by atoms with Crippen molar-refractivity contribution in [2.45, 2.75) is 6.92 Å².